The summed E-state index contributed by atoms with van der Waals surface area (Å²) in [4.78, 5) is 30.3. The van der Waals surface area contributed by atoms with Crippen molar-refractivity contribution in [1.29, 1.82) is 0 Å². The van der Waals surface area contributed by atoms with Crippen molar-refractivity contribution in [1.82, 2.24) is 15.2 Å². The van der Waals surface area contributed by atoms with Gasteiger partial charge in [-0.25, -0.2) is 0 Å². The summed E-state index contributed by atoms with van der Waals surface area (Å²) in [6.45, 7) is 4.75. The minimum absolute atomic E-state index is 0.0511. The highest BCUT2D eigenvalue weighted by atomic mass is 16.2. The molecule has 0 unspecified atom stereocenters. The number of unbranched alkanes of at least 4 members (excludes halogenated alkanes) is 1. The van der Waals surface area contributed by atoms with Gasteiger partial charge in [-0.05, 0) is 37.1 Å². The Kier molecular flexibility index (Phi) is 6.69. The Labute approximate surface area is 149 Å². The molecule has 0 bridgehead atoms. The lowest BCUT2D eigenvalue weighted by Crippen LogP contribution is -2.38. The summed E-state index contributed by atoms with van der Waals surface area (Å²) >= 11 is 0. The number of nitrogens with one attached hydrogen (secondary N) is 1. The van der Waals surface area contributed by atoms with Crippen LogP contribution in [0, 0.1) is 6.92 Å². The van der Waals surface area contributed by atoms with Crippen molar-refractivity contribution in [2.75, 3.05) is 20.1 Å². The molecule has 0 saturated heterocycles. The monoisotopic (exact) mass is 339 g/mol. The maximum atomic E-state index is 12.6. The molecule has 1 N–H and O–H groups in total. The molecule has 0 fully saturated rings. The van der Waals surface area contributed by atoms with Crippen molar-refractivity contribution in [2.45, 2.75) is 26.7 Å². The van der Waals surface area contributed by atoms with Gasteiger partial charge in [0.25, 0.3) is 5.91 Å². The lowest BCUT2D eigenvalue weighted by atomic mass is 10.1. The van der Waals surface area contributed by atoms with E-state index in [0.717, 1.165) is 29.7 Å². The highest BCUT2D eigenvalue weighted by Crippen LogP contribution is 2.19. The quantitative estimate of drug-likeness (QED) is 0.789. The van der Waals surface area contributed by atoms with E-state index in [-0.39, 0.29) is 18.4 Å². The number of hydrogen-bond donors (Lipinski definition) is 1. The van der Waals surface area contributed by atoms with Gasteiger partial charge < -0.3 is 10.2 Å². The topological polar surface area (TPSA) is 62.3 Å². The first kappa shape index (κ1) is 18.6. The molecule has 2 rings (SSSR count). The molecule has 5 nitrogen and oxygen atoms in total. The molecule has 0 aliphatic heterocycles. The fourth-order valence-corrected chi connectivity index (χ4v) is 2.42. The third kappa shape index (κ3) is 5.41. The largest absolute Gasteiger partial charge is 0.355 e. The van der Waals surface area contributed by atoms with Crippen molar-refractivity contribution < 1.29 is 9.59 Å². The van der Waals surface area contributed by atoms with Crippen LogP contribution in [0.25, 0.3) is 11.3 Å². The highest BCUT2D eigenvalue weighted by molar-refractivity contribution is 5.97. The van der Waals surface area contributed by atoms with Gasteiger partial charge in [0.05, 0.1) is 12.2 Å². The molecule has 2 amide bonds. The summed E-state index contributed by atoms with van der Waals surface area (Å²) in [7, 11) is 1.64. The van der Waals surface area contributed by atoms with Crippen LogP contribution in [0.5, 0.6) is 0 Å². The van der Waals surface area contributed by atoms with Crippen LogP contribution in [0.1, 0.15) is 35.7 Å². The average Bonchev–Trinajstić information content (AvgIpc) is 2.62. The van der Waals surface area contributed by atoms with Crippen LogP contribution < -0.4 is 5.32 Å². The van der Waals surface area contributed by atoms with Gasteiger partial charge in [0.2, 0.25) is 5.91 Å². The van der Waals surface area contributed by atoms with E-state index in [1.165, 1.54) is 4.90 Å². The zero-order chi connectivity index (χ0) is 18.2. The van der Waals surface area contributed by atoms with Crippen LogP contribution in [-0.4, -0.2) is 41.8 Å². The van der Waals surface area contributed by atoms with Crippen LogP contribution in [0.2, 0.25) is 0 Å². The normalized spacial score (nSPS) is 10.4. The Balaban J connectivity index is 2.05. The molecule has 2 aromatic rings. The predicted molar refractivity (Wildman–Crippen MR) is 99.3 cm³/mol. The van der Waals surface area contributed by atoms with Crippen molar-refractivity contribution in [3.63, 3.8) is 0 Å². The van der Waals surface area contributed by atoms with Crippen molar-refractivity contribution in [3.8, 4) is 11.3 Å². The van der Waals surface area contributed by atoms with Crippen LogP contribution in [-0.2, 0) is 4.79 Å². The van der Waals surface area contributed by atoms with Gasteiger partial charge in [-0.1, -0.05) is 31.5 Å². The lowest BCUT2D eigenvalue weighted by molar-refractivity contribution is -0.121. The van der Waals surface area contributed by atoms with E-state index in [1.54, 1.807) is 19.3 Å². The van der Waals surface area contributed by atoms with Crippen LogP contribution in [0.15, 0.2) is 42.6 Å². The maximum Gasteiger partial charge on any atom is 0.254 e. The number of aromatic nitrogens is 1. The third-order valence-corrected chi connectivity index (χ3v) is 3.90. The first-order chi connectivity index (χ1) is 12.0. The molecule has 0 aliphatic rings. The Morgan fingerprint density at radius 1 is 1.20 bits per heavy atom. The summed E-state index contributed by atoms with van der Waals surface area (Å²) < 4.78 is 0. The standard InChI is InChI=1S/C20H25N3O2/c1-4-5-11-21-19(24)14-23(3)20(25)17-8-6-7-16(12-17)18-10-9-15(2)13-22-18/h6-10,12-13H,4-5,11,14H2,1-3H3,(H,21,24). The van der Waals surface area contributed by atoms with Crippen LogP contribution >= 0.6 is 0 Å². The van der Waals surface area contributed by atoms with E-state index in [0.29, 0.717) is 12.1 Å². The van der Waals surface area contributed by atoms with E-state index >= 15 is 0 Å². The summed E-state index contributed by atoms with van der Waals surface area (Å²) in [6, 6.07) is 11.2. The fourth-order valence-electron chi connectivity index (χ4n) is 2.42. The predicted octanol–water partition coefficient (Wildman–Crippen LogP) is 3.05. The summed E-state index contributed by atoms with van der Waals surface area (Å²) in [5, 5.41) is 2.82. The molecule has 25 heavy (non-hydrogen) atoms. The fraction of sp³-hybridized carbons (Fsp3) is 0.350. The molecule has 1 aromatic heterocycles. The van der Waals surface area contributed by atoms with Crippen molar-refractivity contribution >= 4 is 11.8 Å². The zero-order valence-corrected chi connectivity index (χ0v) is 15.1. The molecule has 0 saturated carbocycles. The molecule has 5 heteroatoms. The van der Waals surface area contributed by atoms with Crippen molar-refractivity contribution in [2.24, 2.45) is 0 Å². The van der Waals surface area contributed by atoms with Gasteiger partial charge in [-0.3, -0.25) is 14.6 Å². The number of rotatable bonds is 7. The summed E-state index contributed by atoms with van der Waals surface area (Å²) in [5.41, 5.74) is 3.33. The lowest BCUT2D eigenvalue weighted by Gasteiger charge is -2.17. The third-order valence-electron chi connectivity index (χ3n) is 3.90. The van der Waals surface area contributed by atoms with Crippen LogP contribution in [0.4, 0.5) is 0 Å². The number of pyridine rings is 1. The number of likely N-dealkylation sites (N-methyl/N-ethyl adjacent to an activating group) is 1. The molecular weight excluding hydrogens is 314 g/mol. The smallest absolute Gasteiger partial charge is 0.254 e. The number of amides is 2. The first-order valence-electron chi connectivity index (χ1n) is 8.56. The Morgan fingerprint density at radius 3 is 2.68 bits per heavy atom. The summed E-state index contributed by atoms with van der Waals surface area (Å²) in [6.07, 6.45) is 3.76. The number of hydrogen-bond acceptors (Lipinski definition) is 3. The second kappa shape index (κ2) is 8.97. The summed E-state index contributed by atoms with van der Waals surface area (Å²) in [5.74, 6) is -0.319. The highest BCUT2D eigenvalue weighted by Gasteiger charge is 2.15. The zero-order valence-electron chi connectivity index (χ0n) is 15.1. The van der Waals surface area contributed by atoms with E-state index < -0.39 is 0 Å². The van der Waals surface area contributed by atoms with Gasteiger partial charge >= 0.3 is 0 Å². The van der Waals surface area contributed by atoms with E-state index in [2.05, 4.69) is 17.2 Å². The molecular formula is C20H25N3O2. The Bertz CT molecular complexity index is 726. The molecule has 0 aliphatic carbocycles. The van der Waals surface area contributed by atoms with Gasteiger partial charge in [0.15, 0.2) is 0 Å². The maximum absolute atomic E-state index is 12.6. The van der Waals surface area contributed by atoms with E-state index in [9.17, 15) is 9.59 Å². The second-order valence-electron chi connectivity index (χ2n) is 6.17. The minimum atomic E-state index is -0.181. The number of carbonyl (C=O) groups is 2. The van der Waals surface area contributed by atoms with Gasteiger partial charge in [-0.15, -0.1) is 0 Å². The second-order valence-corrected chi connectivity index (χ2v) is 6.17. The number of carbonyl (C=O) groups excluding carboxylic acids is 2. The number of aryl methyl sites for hydroxylation is 1. The molecule has 0 spiro atoms. The van der Waals surface area contributed by atoms with Crippen LogP contribution in [0.3, 0.4) is 0 Å². The van der Waals surface area contributed by atoms with E-state index in [1.807, 2.05) is 37.3 Å². The molecule has 1 heterocycles. The number of benzene rings is 1. The minimum Gasteiger partial charge on any atom is -0.355 e. The SMILES string of the molecule is CCCCNC(=O)CN(C)C(=O)c1cccc(-c2ccc(C)cn2)c1. The molecule has 0 atom stereocenters. The Morgan fingerprint density at radius 2 is 2.00 bits per heavy atom. The average molecular weight is 339 g/mol. The van der Waals surface area contributed by atoms with Crippen molar-refractivity contribution in [3.05, 3.63) is 53.7 Å². The molecule has 1 aromatic carbocycles. The first-order valence-corrected chi connectivity index (χ1v) is 8.56. The Hall–Kier alpha value is -2.69. The van der Waals surface area contributed by atoms with Gasteiger partial charge in [-0.2, -0.15) is 0 Å². The van der Waals surface area contributed by atoms with E-state index in [4.69, 9.17) is 0 Å². The van der Waals surface area contributed by atoms with Gasteiger partial charge in [0, 0.05) is 30.9 Å². The molecule has 132 valence electrons. The molecule has 0 radical (unpaired) electrons. The number of nitrogens with zero attached hydrogens (tertiary/aromatic N) is 2. The van der Waals surface area contributed by atoms with Gasteiger partial charge in [0.1, 0.15) is 0 Å².